The Hall–Kier alpha value is -2.54. The third kappa shape index (κ3) is 2.41. The number of aromatic nitrogens is 4. The minimum absolute atomic E-state index is 0.118. The number of fused-ring (bicyclic) bond motifs is 1. The van der Waals surface area contributed by atoms with Crippen molar-refractivity contribution in [3.63, 3.8) is 0 Å². The summed E-state index contributed by atoms with van der Waals surface area (Å²) < 4.78 is 6.74. The second-order valence-corrected chi connectivity index (χ2v) is 6.47. The van der Waals surface area contributed by atoms with Crippen LogP contribution in [0.15, 0.2) is 33.6 Å². The van der Waals surface area contributed by atoms with E-state index in [0.717, 1.165) is 36.8 Å². The van der Waals surface area contributed by atoms with Crippen LogP contribution in [0, 0.1) is 0 Å². The third-order valence-electron chi connectivity index (χ3n) is 4.76. The number of nitrogens with zero attached hydrogens (tertiary/aromatic N) is 4. The van der Waals surface area contributed by atoms with Gasteiger partial charge in [0.15, 0.2) is 5.82 Å². The van der Waals surface area contributed by atoms with Gasteiger partial charge in [-0.3, -0.25) is 4.79 Å². The van der Waals surface area contributed by atoms with E-state index in [0.29, 0.717) is 23.5 Å². The molecule has 0 radical (unpaired) electrons. The molecule has 1 saturated carbocycles. The zero-order valence-electron chi connectivity index (χ0n) is 13.5. The summed E-state index contributed by atoms with van der Waals surface area (Å²) in [6.45, 7) is 0. The number of hydrogen-bond acceptors (Lipinski definition) is 6. The lowest BCUT2D eigenvalue weighted by Crippen LogP contribution is -2.34. The molecule has 0 atom stereocenters. The van der Waals surface area contributed by atoms with Crippen molar-refractivity contribution >= 4 is 10.8 Å². The molecule has 1 fully saturated rings. The molecule has 4 rings (SSSR count). The van der Waals surface area contributed by atoms with Crippen molar-refractivity contribution in [3.8, 4) is 0 Å². The van der Waals surface area contributed by atoms with Gasteiger partial charge in [0.1, 0.15) is 0 Å². The molecule has 0 amide bonds. The lowest BCUT2D eigenvalue weighted by Gasteiger charge is -2.17. The molecule has 124 valence electrons. The van der Waals surface area contributed by atoms with E-state index in [1.807, 2.05) is 18.2 Å². The third-order valence-corrected chi connectivity index (χ3v) is 4.76. The summed E-state index contributed by atoms with van der Waals surface area (Å²) in [6.07, 6.45) is 4.32. The maximum absolute atomic E-state index is 12.2. The second-order valence-electron chi connectivity index (χ2n) is 6.47. The first-order valence-corrected chi connectivity index (χ1v) is 8.14. The van der Waals surface area contributed by atoms with Crippen LogP contribution in [0.4, 0.5) is 0 Å². The van der Waals surface area contributed by atoms with Gasteiger partial charge < -0.3 is 10.3 Å². The lowest BCUT2D eigenvalue weighted by molar-refractivity contribution is 0.351. The summed E-state index contributed by atoms with van der Waals surface area (Å²) in [5, 5.41) is 9.89. The minimum atomic E-state index is -0.471. The number of aryl methyl sites for hydroxylation is 1. The molecule has 1 aliphatic rings. The van der Waals surface area contributed by atoms with Gasteiger partial charge in [-0.05, 0) is 18.9 Å². The molecule has 24 heavy (non-hydrogen) atoms. The van der Waals surface area contributed by atoms with Gasteiger partial charge >= 0.3 is 0 Å². The fourth-order valence-corrected chi connectivity index (χ4v) is 3.41. The molecule has 2 aromatic heterocycles. The summed E-state index contributed by atoms with van der Waals surface area (Å²) in [7, 11) is 1.64. The smallest absolute Gasteiger partial charge is 0.274 e. The molecule has 2 heterocycles. The molecule has 7 nitrogen and oxygen atoms in total. The van der Waals surface area contributed by atoms with E-state index in [1.54, 1.807) is 13.1 Å². The van der Waals surface area contributed by atoms with Gasteiger partial charge in [0, 0.05) is 12.4 Å². The number of rotatable bonds is 3. The number of hydrogen-bond donors (Lipinski definition) is 1. The molecule has 7 heteroatoms. The van der Waals surface area contributed by atoms with Crippen molar-refractivity contribution in [1.82, 2.24) is 19.9 Å². The number of nitrogens with two attached hydrogens (primary N) is 1. The van der Waals surface area contributed by atoms with Gasteiger partial charge in [-0.1, -0.05) is 36.2 Å². The Kier molecular flexibility index (Phi) is 3.45. The van der Waals surface area contributed by atoms with E-state index in [9.17, 15) is 4.79 Å². The molecular formula is C17H19N5O2. The van der Waals surface area contributed by atoms with E-state index in [4.69, 9.17) is 10.3 Å². The van der Waals surface area contributed by atoms with Crippen LogP contribution in [0.2, 0.25) is 0 Å². The molecule has 0 unspecified atom stereocenters. The normalized spacial score (nSPS) is 16.8. The van der Waals surface area contributed by atoms with Crippen LogP contribution in [0.25, 0.3) is 10.8 Å². The summed E-state index contributed by atoms with van der Waals surface area (Å²) >= 11 is 0. The van der Waals surface area contributed by atoms with E-state index in [1.165, 1.54) is 4.68 Å². The Morgan fingerprint density at radius 3 is 2.71 bits per heavy atom. The predicted molar refractivity (Wildman–Crippen MR) is 88.4 cm³/mol. The van der Waals surface area contributed by atoms with Crippen molar-refractivity contribution in [2.75, 3.05) is 0 Å². The zero-order chi connectivity index (χ0) is 16.7. The summed E-state index contributed by atoms with van der Waals surface area (Å²) in [4.78, 5) is 16.7. The van der Waals surface area contributed by atoms with E-state index >= 15 is 0 Å². The largest absolute Gasteiger partial charge is 0.339 e. The Morgan fingerprint density at radius 1 is 1.25 bits per heavy atom. The van der Waals surface area contributed by atoms with Gasteiger partial charge in [0.05, 0.1) is 23.0 Å². The maximum Gasteiger partial charge on any atom is 0.274 e. The standard InChI is InChI=1S/C17H19N5O2/c1-22-15(23)12-7-3-2-6-11(12)13(20-22)10-14-19-16(21-24-14)17(18)8-4-5-9-17/h2-3,6-7H,4-5,8-10,18H2,1H3. The molecule has 0 spiro atoms. The van der Waals surface area contributed by atoms with Gasteiger partial charge in [0.2, 0.25) is 5.89 Å². The number of benzene rings is 1. The molecule has 1 aromatic carbocycles. The summed E-state index contributed by atoms with van der Waals surface area (Å²) in [6, 6.07) is 7.42. The van der Waals surface area contributed by atoms with Crippen molar-refractivity contribution < 1.29 is 4.52 Å². The maximum atomic E-state index is 12.2. The highest BCUT2D eigenvalue weighted by atomic mass is 16.5. The van der Waals surface area contributed by atoms with Crippen LogP contribution in [0.5, 0.6) is 0 Å². The highest BCUT2D eigenvalue weighted by Crippen LogP contribution is 2.34. The summed E-state index contributed by atoms with van der Waals surface area (Å²) in [5.41, 5.74) is 6.52. The first-order chi connectivity index (χ1) is 11.6. The van der Waals surface area contributed by atoms with Crippen LogP contribution < -0.4 is 11.3 Å². The van der Waals surface area contributed by atoms with Crippen LogP contribution in [-0.4, -0.2) is 19.9 Å². The highest BCUT2D eigenvalue weighted by molar-refractivity contribution is 5.83. The highest BCUT2D eigenvalue weighted by Gasteiger charge is 2.36. The lowest BCUT2D eigenvalue weighted by atomic mass is 9.99. The SMILES string of the molecule is Cn1nc(Cc2nc(C3(N)CCCC3)no2)c2ccccc2c1=O. The quantitative estimate of drug-likeness (QED) is 0.785. The Labute approximate surface area is 138 Å². The molecular weight excluding hydrogens is 306 g/mol. The van der Waals surface area contributed by atoms with E-state index < -0.39 is 5.54 Å². The minimum Gasteiger partial charge on any atom is -0.339 e. The molecule has 0 saturated heterocycles. The molecule has 0 bridgehead atoms. The average molecular weight is 325 g/mol. The predicted octanol–water partition coefficient (Wildman–Crippen LogP) is 1.64. The van der Waals surface area contributed by atoms with E-state index in [-0.39, 0.29) is 5.56 Å². The topological polar surface area (TPSA) is 99.8 Å². The second kappa shape index (κ2) is 5.52. The fourth-order valence-electron chi connectivity index (χ4n) is 3.41. The van der Waals surface area contributed by atoms with Crippen LogP contribution in [0.3, 0.4) is 0 Å². The van der Waals surface area contributed by atoms with Crippen molar-refractivity contribution in [3.05, 3.63) is 52.0 Å². The molecule has 1 aliphatic carbocycles. The zero-order valence-corrected chi connectivity index (χ0v) is 13.5. The molecule has 2 N–H and O–H groups in total. The average Bonchev–Trinajstić information content (AvgIpc) is 3.23. The summed E-state index contributed by atoms with van der Waals surface area (Å²) in [5.74, 6) is 1.04. The van der Waals surface area contributed by atoms with Gasteiger partial charge in [0.25, 0.3) is 5.56 Å². The fraction of sp³-hybridized carbons (Fsp3) is 0.412. The first kappa shape index (κ1) is 15.0. The van der Waals surface area contributed by atoms with Crippen LogP contribution in [-0.2, 0) is 19.0 Å². The Morgan fingerprint density at radius 2 is 1.96 bits per heavy atom. The van der Waals surface area contributed by atoms with Crippen LogP contribution >= 0.6 is 0 Å². The first-order valence-electron chi connectivity index (χ1n) is 8.14. The molecule has 3 aromatic rings. The molecule has 0 aliphatic heterocycles. The van der Waals surface area contributed by atoms with Gasteiger partial charge in [-0.25, -0.2) is 4.68 Å². The van der Waals surface area contributed by atoms with Crippen molar-refractivity contribution in [2.24, 2.45) is 12.8 Å². The Bertz CT molecular complexity index is 953. The monoisotopic (exact) mass is 325 g/mol. The van der Waals surface area contributed by atoms with Crippen LogP contribution in [0.1, 0.15) is 43.1 Å². The Balaban J connectivity index is 1.72. The van der Waals surface area contributed by atoms with Gasteiger partial charge in [-0.2, -0.15) is 10.1 Å². The van der Waals surface area contributed by atoms with E-state index in [2.05, 4.69) is 15.2 Å². The van der Waals surface area contributed by atoms with Crippen molar-refractivity contribution in [2.45, 2.75) is 37.6 Å². The van der Waals surface area contributed by atoms with Crippen molar-refractivity contribution in [1.29, 1.82) is 0 Å². The van der Waals surface area contributed by atoms with Gasteiger partial charge in [-0.15, -0.1) is 0 Å².